The lowest BCUT2D eigenvalue weighted by molar-refractivity contribution is -0.648. The van der Waals surface area contributed by atoms with Crippen molar-refractivity contribution in [3.8, 4) is 0 Å². The van der Waals surface area contributed by atoms with Crippen molar-refractivity contribution in [3.05, 3.63) is 35.8 Å². The van der Waals surface area contributed by atoms with Crippen LogP contribution >= 0.6 is 0 Å². The molecule has 1 saturated heterocycles. The Morgan fingerprint density at radius 2 is 2.10 bits per heavy atom. The average Bonchev–Trinajstić information content (AvgIpc) is 3.12. The average molecular weight is 283 g/mol. The summed E-state index contributed by atoms with van der Waals surface area (Å²) < 4.78 is 4.13. The quantitative estimate of drug-likeness (QED) is 0.783. The molecule has 0 aliphatic carbocycles. The number of amidine groups is 1. The third-order valence-electron chi connectivity index (χ3n) is 4.81. The van der Waals surface area contributed by atoms with Gasteiger partial charge in [0.15, 0.2) is 11.0 Å². The molecule has 1 aromatic carbocycles. The molecule has 0 amide bonds. The second kappa shape index (κ2) is 4.10. The van der Waals surface area contributed by atoms with Gasteiger partial charge in [0.2, 0.25) is 0 Å². The molecule has 1 unspecified atom stereocenters. The Morgan fingerprint density at radius 1 is 1.33 bits per heavy atom. The summed E-state index contributed by atoms with van der Waals surface area (Å²) in [6, 6.07) is 8.16. The maximum atomic E-state index is 10.6. The zero-order valence-electron chi connectivity index (χ0n) is 12.3. The number of aliphatic hydroxyl groups excluding tert-OH is 1. The summed E-state index contributed by atoms with van der Waals surface area (Å²) in [4.78, 5) is 2.02. The molecule has 5 nitrogen and oxygen atoms in total. The Bertz CT molecular complexity index is 763. The number of benzene rings is 1. The molecule has 2 aliphatic heterocycles. The van der Waals surface area contributed by atoms with Crippen LogP contribution in [-0.4, -0.2) is 33.0 Å². The van der Waals surface area contributed by atoms with Crippen LogP contribution in [0.5, 0.6) is 0 Å². The van der Waals surface area contributed by atoms with Gasteiger partial charge in [0.25, 0.3) is 5.82 Å². The summed E-state index contributed by atoms with van der Waals surface area (Å²) in [7, 11) is 3.99. The van der Waals surface area contributed by atoms with Gasteiger partial charge >= 0.3 is 0 Å². The standard InChI is InChI=1S/C16H18N4O/c1-18-10-6-3-4-7-11(10)19(2)16(18)13-14(21)12-8-5-9-20(12)15(13)17/h3-4,6-7,12,17H,5,8-9H2,1-2H3/p+1. The van der Waals surface area contributed by atoms with E-state index >= 15 is 0 Å². The third-order valence-corrected chi connectivity index (χ3v) is 4.81. The largest absolute Gasteiger partial charge is 0.509 e. The molecule has 1 atom stereocenters. The molecule has 2 aliphatic rings. The Balaban J connectivity index is 1.99. The highest BCUT2D eigenvalue weighted by molar-refractivity contribution is 6.23. The highest BCUT2D eigenvalue weighted by atomic mass is 16.3. The maximum absolute atomic E-state index is 10.6. The van der Waals surface area contributed by atoms with Gasteiger partial charge in [0.1, 0.15) is 17.2 Å². The van der Waals surface area contributed by atoms with Crippen molar-refractivity contribution in [2.75, 3.05) is 6.54 Å². The van der Waals surface area contributed by atoms with E-state index < -0.39 is 0 Å². The van der Waals surface area contributed by atoms with Gasteiger partial charge in [-0.2, -0.15) is 0 Å². The van der Waals surface area contributed by atoms with Crippen LogP contribution in [0.2, 0.25) is 0 Å². The Hall–Kier alpha value is -2.30. The fraction of sp³-hybridized carbons (Fsp3) is 0.375. The van der Waals surface area contributed by atoms with Crippen LogP contribution < -0.4 is 4.57 Å². The monoisotopic (exact) mass is 283 g/mol. The molecule has 0 radical (unpaired) electrons. The number of imidazole rings is 1. The SMILES string of the molecule is Cn1c(C2=C(O)C3CCCN3C2=N)[n+](C)c2ccccc21. The summed E-state index contributed by atoms with van der Waals surface area (Å²) in [5, 5.41) is 19.1. The number of hydrogen-bond donors (Lipinski definition) is 2. The normalized spacial score (nSPS) is 21.7. The van der Waals surface area contributed by atoms with E-state index in [1.54, 1.807) is 0 Å². The fourth-order valence-corrected chi connectivity index (χ4v) is 3.79. The van der Waals surface area contributed by atoms with Crippen LogP contribution in [0.3, 0.4) is 0 Å². The number of aliphatic hydroxyl groups is 1. The number of nitrogens with zero attached hydrogens (tertiary/aromatic N) is 3. The first-order chi connectivity index (χ1) is 10.1. The van der Waals surface area contributed by atoms with Crippen LogP contribution in [-0.2, 0) is 14.1 Å². The van der Waals surface area contributed by atoms with E-state index in [1.165, 1.54) is 0 Å². The van der Waals surface area contributed by atoms with Crippen LogP contribution in [0.15, 0.2) is 30.0 Å². The molecule has 1 aromatic heterocycles. The summed E-state index contributed by atoms with van der Waals surface area (Å²) >= 11 is 0. The number of hydrogen-bond acceptors (Lipinski definition) is 2. The Labute approximate surface area is 123 Å². The maximum Gasteiger partial charge on any atom is 0.296 e. The van der Waals surface area contributed by atoms with Crippen LogP contribution in [0.1, 0.15) is 18.7 Å². The molecule has 108 valence electrons. The molecule has 0 bridgehead atoms. The number of fused-ring (bicyclic) bond motifs is 2. The predicted molar refractivity (Wildman–Crippen MR) is 81.1 cm³/mol. The number of para-hydroxylation sites is 2. The highest BCUT2D eigenvalue weighted by Gasteiger charge is 2.44. The van der Waals surface area contributed by atoms with Gasteiger partial charge < -0.3 is 10.0 Å². The van der Waals surface area contributed by atoms with Gasteiger partial charge in [-0.25, -0.2) is 9.13 Å². The number of aromatic nitrogens is 2. The molecular formula is C16H19N4O+. The van der Waals surface area contributed by atoms with Crippen molar-refractivity contribution in [1.82, 2.24) is 9.47 Å². The second-order valence-electron chi connectivity index (χ2n) is 5.89. The lowest BCUT2D eigenvalue weighted by Crippen LogP contribution is -2.35. The summed E-state index contributed by atoms with van der Waals surface area (Å²) in [5.74, 6) is 1.71. The van der Waals surface area contributed by atoms with Crippen LogP contribution in [0.4, 0.5) is 0 Å². The van der Waals surface area contributed by atoms with Gasteiger partial charge in [-0.3, -0.25) is 5.41 Å². The molecule has 2 aromatic rings. The van der Waals surface area contributed by atoms with E-state index in [9.17, 15) is 5.11 Å². The smallest absolute Gasteiger partial charge is 0.296 e. The zero-order chi connectivity index (χ0) is 14.7. The number of nitrogens with one attached hydrogen (secondary N) is 1. The third kappa shape index (κ3) is 1.46. The van der Waals surface area contributed by atoms with E-state index in [1.807, 2.05) is 31.1 Å². The minimum absolute atomic E-state index is 0.00510. The minimum Gasteiger partial charge on any atom is -0.509 e. The van der Waals surface area contributed by atoms with E-state index in [4.69, 9.17) is 5.41 Å². The van der Waals surface area contributed by atoms with Crippen molar-refractivity contribution in [3.63, 3.8) is 0 Å². The van der Waals surface area contributed by atoms with Crippen LogP contribution in [0.25, 0.3) is 16.6 Å². The van der Waals surface area contributed by atoms with Crippen molar-refractivity contribution in [2.24, 2.45) is 14.1 Å². The fourth-order valence-electron chi connectivity index (χ4n) is 3.79. The van der Waals surface area contributed by atoms with Crippen LogP contribution in [0, 0.1) is 5.41 Å². The van der Waals surface area contributed by atoms with E-state index in [0.29, 0.717) is 17.2 Å². The first-order valence-electron chi connectivity index (χ1n) is 7.33. The molecule has 0 saturated carbocycles. The topological polar surface area (TPSA) is 56.1 Å². The van der Waals surface area contributed by atoms with Crippen molar-refractivity contribution in [2.45, 2.75) is 18.9 Å². The first kappa shape index (κ1) is 12.4. The van der Waals surface area contributed by atoms with Gasteiger partial charge in [0.05, 0.1) is 20.1 Å². The van der Waals surface area contributed by atoms with Crippen molar-refractivity contribution < 1.29 is 9.67 Å². The lowest BCUT2D eigenvalue weighted by atomic mass is 10.1. The molecule has 0 spiro atoms. The first-order valence-corrected chi connectivity index (χ1v) is 7.33. The summed E-state index contributed by atoms with van der Waals surface area (Å²) in [6.45, 7) is 0.866. The second-order valence-corrected chi connectivity index (χ2v) is 5.89. The lowest BCUT2D eigenvalue weighted by Gasteiger charge is -2.17. The zero-order valence-corrected chi connectivity index (χ0v) is 12.3. The van der Waals surface area contributed by atoms with Gasteiger partial charge in [0, 0.05) is 6.54 Å². The van der Waals surface area contributed by atoms with E-state index in [-0.39, 0.29) is 6.04 Å². The highest BCUT2D eigenvalue weighted by Crippen LogP contribution is 2.36. The molecule has 21 heavy (non-hydrogen) atoms. The predicted octanol–water partition coefficient (Wildman–Crippen LogP) is 1.73. The van der Waals surface area contributed by atoms with Crippen molar-refractivity contribution in [1.29, 1.82) is 5.41 Å². The number of rotatable bonds is 1. The number of aryl methyl sites for hydroxylation is 2. The Morgan fingerprint density at radius 3 is 2.81 bits per heavy atom. The molecule has 4 rings (SSSR count). The van der Waals surface area contributed by atoms with E-state index in [0.717, 1.165) is 36.2 Å². The van der Waals surface area contributed by atoms with Gasteiger partial charge in [-0.1, -0.05) is 12.1 Å². The summed E-state index contributed by atoms with van der Waals surface area (Å²) in [5.41, 5.74) is 2.89. The molecule has 5 heteroatoms. The van der Waals surface area contributed by atoms with Crippen molar-refractivity contribution >= 4 is 22.4 Å². The van der Waals surface area contributed by atoms with Gasteiger partial charge in [-0.15, -0.1) is 0 Å². The molecule has 1 fully saturated rings. The molecule has 3 heterocycles. The minimum atomic E-state index is 0.00510. The molecular weight excluding hydrogens is 264 g/mol. The van der Waals surface area contributed by atoms with Gasteiger partial charge in [-0.05, 0) is 25.0 Å². The Kier molecular flexibility index (Phi) is 2.43. The van der Waals surface area contributed by atoms with E-state index in [2.05, 4.69) is 21.3 Å². The molecule has 2 N–H and O–H groups in total. The summed E-state index contributed by atoms with van der Waals surface area (Å²) in [6.07, 6.45) is 1.98.